The van der Waals surface area contributed by atoms with Crippen molar-refractivity contribution in [3.8, 4) is 0 Å². The molecule has 0 aliphatic carbocycles. The third-order valence-electron chi connectivity index (χ3n) is 8.94. The standard InChI is InChI=1S/C40H75NO5/c1-3-5-7-9-11-13-15-16-18-19-21-24-28-32-37(33-29-25-23-26-30-34-38(42)41-36-39(43)44)46-40(45)35-31-27-22-20-17-14-12-10-8-6-4-2/h10,12,37H,3-9,11,13-36H2,1-2H3,(H,41,42)(H,43,44)/b12-10-. The molecule has 0 saturated heterocycles. The summed E-state index contributed by atoms with van der Waals surface area (Å²) in [6.45, 7) is 4.20. The maximum Gasteiger partial charge on any atom is 0.322 e. The van der Waals surface area contributed by atoms with E-state index >= 15 is 0 Å². The van der Waals surface area contributed by atoms with Crippen molar-refractivity contribution in [2.75, 3.05) is 6.54 Å². The van der Waals surface area contributed by atoms with Gasteiger partial charge in [0.15, 0.2) is 0 Å². The van der Waals surface area contributed by atoms with E-state index in [-0.39, 0.29) is 24.5 Å². The lowest BCUT2D eigenvalue weighted by Gasteiger charge is -2.18. The normalized spacial score (nSPS) is 12.0. The highest BCUT2D eigenvalue weighted by Gasteiger charge is 2.14. The summed E-state index contributed by atoms with van der Waals surface area (Å²) in [5.74, 6) is -1.23. The number of rotatable bonds is 36. The van der Waals surface area contributed by atoms with Gasteiger partial charge in [0.2, 0.25) is 5.91 Å². The van der Waals surface area contributed by atoms with Gasteiger partial charge in [-0.15, -0.1) is 0 Å². The van der Waals surface area contributed by atoms with Gasteiger partial charge in [0.1, 0.15) is 12.6 Å². The van der Waals surface area contributed by atoms with Gasteiger partial charge in [0, 0.05) is 12.8 Å². The van der Waals surface area contributed by atoms with Crippen LogP contribution in [0, 0.1) is 0 Å². The molecule has 0 radical (unpaired) electrons. The number of carboxylic acids is 1. The first-order valence-electron chi connectivity index (χ1n) is 19.8. The minimum Gasteiger partial charge on any atom is -0.480 e. The molecule has 270 valence electrons. The number of esters is 1. The molecule has 1 atom stereocenters. The minimum absolute atomic E-state index is 0.0223. The zero-order valence-electron chi connectivity index (χ0n) is 30.4. The molecule has 6 heteroatoms. The number of carbonyl (C=O) groups excluding carboxylic acids is 2. The second-order valence-electron chi connectivity index (χ2n) is 13.5. The largest absolute Gasteiger partial charge is 0.480 e. The Morgan fingerprint density at radius 1 is 0.543 bits per heavy atom. The van der Waals surface area contributed by atoms with Gasteiger partial charge in [0.05, 0.1) is 0 Å². The predicted octanol–water partition coefficient (Wildman–Crippen LogP) is 11.8. The zero-order valence-corrected chi connectivity index (χ0v) is 30.4. The molecule has 0 aromatic heterocycles. The van der Waals surface area contributed by atoms with Crippen molar-refractivity contribution in [2.45, 2.75) is 219 Å². The number of allylic oxidation sites excluding steroid dienone is 2. The first-order chi connectivity index (χ1) is 22.5. The molecule has 0 fully saturated rings. The van der Waals surface area contributed by atoms with Crippen LogP contribution in [0.1, 0.15) is 213 Å². The van der Waals surface area contributed by atoms with E-state index in [0.29, 0.717) is 12.8 Å². The van der Waals surface area contributed by atoms with Crippen molar-refractivity contribution in [3.05, 3.63) is 12.2 Å². The fourth-order valence-electron chi connectivity index (χ4n) is 5.97. The summed E-state index contributed by atoms with van der Waals surface area (Å²) in [5.41, 5.74) is 0. The predicted molar refractivity (Wildman–Crippen MR) is 194 cm³/mol. The summed E-state index contributed by atoms with van der Waals surface area (Å²) in [6, 6.07) is 0. The lowest BCUT2D eigenvalue weighted by molar-refractivity contribution is -0.150. The Kier molecular flexibility index (Phi) is 34.5. The van der Waals surface area contributed by atoms with Crippen LogP contribution in [0.25, 0.3) is 0 Å². The van der Waals surface area contributed by atoms with E-state index < -0.39 is 5.97 Å². The van der Waals surface area contributed by atoms with Crippen LogP contribution in [0.5, 0.6) is 0 Å². The quantitative estimate of drug-likeness (QED) is 0.0400. The lowest BCUT2D eigenvalue weighted by Crippen LogP contribution is -2.28. The fraction of sp³-hybridized carbons (Fsp3) is 0.875. The highest BCUT2D eigenvalue weighted by atomic mass is 16.5. The van der Waals surface area contributed by atoms with E-state index in [1.54, 1.807) is 0 Å². The third-order valence-corrected chi connectivity index (χ3v) is 8.94. The molecule has 0 spiro atoms. The molecule has 46 heavy (non-hydrogen) atoms. The first-order valence-corrected chi connectivity index (χ1v) is 19.8. The van der Waals surface area contributed by atoms with E-state index in [9.17, 15) is 14.4 Å². The fourth-order valence-corrected chi connectivity index (χ4v) is 5.97. The van der Waals surface area contributed by atoms with Crippen molar-refractivity contribution in [3.63, 3.8) is 0 Å². The number of amides is 1. The summed E-state index contributed by atoms with van der Waals surface area (Å²) in [7, 11) is 0. The zero-order chi connectivity index (χ0) is 33.8. The Morgan fingerprint density at radius 3 is 1.46 bits per heavy atom. The Labute approximate surface area is 284 Å². The monoisotopic (exact) mass is 650 g/mol. The maximum atomic E-state index is 12.7. The molecule has 2 N–H and O–H groups in total. The molecule has 1 unspecified atom stereocenters. The smallest absolute Gasteiger partial charge is 0.322 e. The third kappa shape index (κ3) is 35.0. The van der Waals surface area contributed by atoms with Gasteiger partial charge in [-0.1, -0.05) is 154 Å². The molecule has 0 aliphatic rings. The van der Waals surface area contributed by atoms with Crippen LogP contribution in [0.15, 0.2) is 12.2 Å². The Balaban J connectivity index is 4.17. The van der Waals surface area contributed by atoms with Gasteiger partial charge in [0.25, 0.3) is 0 Å². The minimum atomic E-state index is -1.01. The van der Waals surface area contributed by atoms with Crippen LogP contribution in [0.2, 0.25) is 0 Å². The van der Waals surface area contributed by atoms with Gasteiger partial charge >= 0.3 is 11.9 Å². The summed E-state index contributed by atoms with van der Waals surface area (Å²) < 4.78 is 6.01. The molecular formula is C40H75NO5. The number of nitrogens with one attached hydrogen (secondary N) is 1. The second-order valence-corrected chi connectivity index (χ2v) is 13.5. The molecule has 0 bridgehead atoms. The van der Waals surface area contributed by atoms with Gasteiger partial charge in [-0.05, 0) is 57.8 Å². The number of hydrogen-bond donors (Lipinski definition) is 2. The number of aliphatic carboxylic acids is 1. The molecule has 6 nitrogen and oxygen atoms in total. The van der Waals surface area contributed by atoms with Crippen molar-refractivity contribution < 1.29 is 24.2 Å². The molecule has 1 amide bonds. The van der Waals surface area contributed by atoms with E-state index in [4.69, 9.17) is 9.84 Å². The topological polar surface area (TPSA) is 92.7 Å². The van der Waals surface area contributed by atoms with Gasteiger partial charge in [-0.2, -0.15) is 0 Å². The first kappa shape index (κ1) is 44.1. The van der Waals surface area contributed by atoms with Crippen molar-refractivity contribution in [1.82, 2.24) is 5.32 Å². The second kappa shape index (κ2) is 36.0. The summed E-state index contributed by atoms with van der Waals surface area (Å²) in [4.78, 5) is 34.9. The van der Waals surface area contributed by atoms with Gasteiger partial charge in [-0.3, -0.25) is 14.4 Å². The number of ether oxygens (including phenoxy) is 1. The summed E-state index contributed by atoms with van der Waals surface area (Å²) in [5, 5.41) is 11.1. The van der Waals surface area contributed by atoms with E-state index in [1.165, 1.54) is 122 Å². The molecule has 0 saturated carbocycles. The highest BCUT2D eigenvalue weighted by Crippen LogP contribution is 2.19. The molecular weight excluding hydrogens is 574 g/mol. The maximum absolute atomic E-state index is 12.7. The van der Waals surface area contributed by atoms with Crippen LogP contribution >= 0.6 is 0 Å². The van der Waals surface area contributed by atoms with Crippen LogP contribution in [-0.4, -0.2) is 35.6 Å². The number of carbonyl (C=O) groups is 3. The van der Waals surface area contributed by atoms with Crippen LogP contribution < -0.4 is 5.32 Å². The number of hydrogen-bond acceptors (Lipinski definition) is 4. The Hall–Kier alpha value is -1.85. The highest BCUT2D eigenvalue weighted by molar-refractivity contribution is 5.80. The Morgan fingerprint density at radius 2 is 0.957 bits per heavy atom. The summed E-state index contributed by atoms with van der Waals surface area (Å²) >= 11 is 0. The van der Waals surface area contributed by atoms with Crippen LogP contribution in [0.4, 0.5) is 0 Å². The summed E-state index contributed by atoms with van der Waals surface area (Å²) in [6.07, 6.45) is 40.4. The average Bonchev–Trinajstić information content (AvgIpc) is 3.04. The van der Waals surface area contributed by atoms with E-state index in [1.807, 2.05) is 0 Å². The van der Waals surface area contributed by atoms with Crippen LogP contribution in [-0.2, 0) is 19.1 Å². The molecule has 0 aliphatic heterocycles. The van der Waals surface area contributed by atoms with Crippen LogP contribution in [0.3, 0.4) is 0 Å². The van der Waals surface area contributed by atoms with Crippen molar-refractivity contribution in [1.29, 1.82) is 0 Å². The SMILES string of the molecule is CCCC/C=C\CCCCCCCC(=O)OC(CCCCCCCCCCCCCCC)CCCCCCCC(=O)NCC(=O)O. The van der Waals surface area contributed by atoms with Crippen molar-refractivity contribution >= 4 is 17.8 Å². The average molecular weight is 650 g/mol. The molecule has 0 heterocycles. The van der Waals surface area contributed by atoms with E-state index in [0.717, 1.165) is 64.2 Å². The van der Waals surface area contributed by atoms with Gasteiger partial charge < -0.3 is 15.2 Å². The molecule has 0 aromatic carbocycles. The van der Waals surface area contributed by atoms with Crippen molar-refractivity contribution in [2.24, 2.45) is 0 Å². The lowest BCUT2D eigenvalue weighted by atomic mass is 10.0. The Bertz CT molecular complexity index is 722. The van der Waals surface area contributed by atoms with Gasteiger partial charge in [-0.25, -0.2) is 0 Å². The molecule has 0 aromatic rings. The number of unbranched alkanes of at least 4 members (excludes halogenated alkanes) is 23. The number of carboxylic acid groups (broad SMARTS) is 1. The van der Waals surface area contributed by atoms with E-state index in [2.05, 4.69) is 31.3 Å². The molecule has 0 rings (SSSR count).